The lowest BCUT2D eigenvalue weighted by molar-refractivity contribution is -0.384. The Hall–Kier alpha value is -3.48. The van der Waals surface area contributed by atoms with E-state index in [2.05, 4.69) is 15.5 Å². The van der Waals surface area contributed by atoms with Gasteiger partial charge in [0, 0.05) is 23.0 Å². The fraction of sp³-hybridized carbons (Fsp3) is 0.111. The Kier molecular flexibility index (Phi) is 4.30. The number of fused-ring (bicyclic) bond motifs is 1. The Morgan fingerprint density at radius 3 is 2.60 bits per heavy atom. The average molecular weight is 336 g/mol. The first kappa shape index (κ1) is 16.4. The smallest absolute Gasteiger partial charge is 0.288 e. The summed E-state index contributed by atoms with van der Waals surface area (Å²) in [5, 5.41) is 15.5. The molecular formula is C18H16N4O3. The number of amides is 1. The number of nitro benzene ring substituents is 1. The van der Waals surface area contributed by atoms with Crippen molar-refractivity contribution in [3.63, 3.8) is 0 Å². The van der Waals surface area contributed by atoms with Crippen LogP contribution in [-0.4, -0.2) is 22.0 Å². The third kappa shape index (κ3) is 3.40. The standard InChI is InChI=1S/C18H16N4O3/c1-11-3-8-16-15(9-11)12(2)17(20-16)18(23)21-19-10-13-4-6-14(7-5-13)22(24)25/h3-10,20H,1-2H3,(H,21,23). The lowest BCUT2D eigenvalue weighted by Gasteiger charge is -1.99. The number of hydrazone groups is 1. The fourth-order valence-electron chi connectivity index (χ4n) is 2.57. The van der Waals surface area contributed by atoms with Gasteiger partial charge >= 0.3 is 0 Å². The molecule has 7 heteroatoms. The highest BCUT2D eigenvalue weighted by Crippen LogP contribution is 2.22. The Balaban J connectivity index is 1.74. The third-order valence-corrected chi connectivity index (χ3v) is 3.92. The molecule has 1 aromatic heterocycles. The molecular weight excluding hydrogens is 320 g/mol. The summed E-state index contributed by atoms with van der Waals surface area (Å²) in [4.78, 5) is 25.5. The summed E-state index contributed by atoms with van der Waals surface area (Å²) in [5.41, 5.74) is 6.46. The number of benzene rings is 2. The van der Waals surface area contributed by atoms with Crippen LogP contribution in [-0.2, 0) is 0 Å². The highest BCUT2D eigenvalue weighted by atomic mass is 16.6. The largest absolute Gasteiger partial charge is 0.350 e. The van der Waals surface area contributed by atoms with E-state index in [0.29, 0.717) is 11.3 Å². The number of aromatic amines is 1. The summed E-state index contributed by atoms with van der Waals surface area (Å²) < 4.78 is 0. The molecule has 0 spiro atoms. The zero-order valence-electron chi connectivity index (χ0n) is 13.7. The van der Waals surface area contributed by atoms with Gasteiger partial charge in [-0.25, -0.2) is 5.43 Å². The number of carbonyl (C=O) groups is 1. The average Bonchev–Trinajstić information content (AvgIpc) is 2.92. The van der Waals surface area contributed by atoms with Crippen molar-refractivity contribution in [3.8, 4) is 0 Å². The molecule has 0 aliphatic carbocycles. The Morgan fingerprint density at radius 1 is 1.20 bits per heavy atom. The Labute approximate surface area is 143 Å². The van der Waals surface area contributed by atoms with Crippen LogP contribution in [0.15, 0.2) is 47.6 Å². The molecule has 1 heterocycles. The van der Waals surface area contributed by atoms with Gasteiger partial charge in [0.05, 0.1) is 11.1 Å². The summed E-state index contributed by atoms with van der Waals surface area (Å²) in [5.74, 6) is -0.343. The lowest BCUT2D eigenvalue weighted by Crippen LogP contribution is -2.18. The second kappa shape index (κ2) is 6.56. The number of nitrogens with zero attached hydrogens (tertiary/aromatic N) is 2. The van der Waals surface area contributed by atoms with E-state index < -0.39 is 4.92 Å². The second-order valence-corrected chi connectivity index (χ2v) is 5.72. The van der Waals surface area contributed by atoms with Gasteiger partial charge in [-0.2, -0.15) is 5.10 Å². The maximum Gasteiger partial charge on any atom is 0.288 e. The molecule has 0 aliphatic heterocycles. The first-order valence-electron chi connectivity index (χ1n) is 7.62. The highest BCUT2D eigenvalue weighted by molar-refractivity contribution is 6.01. The summed E-state index contributed by atoms with van der Waals surface area (Å²) in [6.07, 6.45) is 1.43. The molecule has 0 bridgehead atoms. The van der Waals surface area contributed by atoms with E-state index in [-0.39, 0.29) is 11.6 Å². The minimum Gasteiger partial charge on any atom is -0.350 e. The van der Waals surface area contributed by atoms with Crippen molar-refractivity contribution in [3.05, 3.63) is 75.0 Å². The first-order chi connectivity index (χ1) is 12.0. The minimum atomic E-state index is -0.469. The van der Waals surface area contributed by atoms with E-state index in [1.807, 2.05) is 32.0 Å². The van der Waals surface area contributed by atoms with Crippen molar-refractivity contribution in [2.45, 2.75) is 13.8 Å². The van der Waals surface area contributed by atoms with Gasteiger partial charge in [-0.05, 0) is 49.2 Å². The van der Waals surface area contributed by atoms with E-state index in [1.165, 1.54) is 18.3 Å². The quantitative estimate of drug-likeness (QED) is 0.433. The normalized spacial score (nSPS) is 11.1. The van der Waals surface area contributed by atoms with E-state index in [1.54, 1.807) is 12.1 Å². The monoisotopic (exact) mass is 336 g/mol. The number of aromatic nitrogens is 1. The summed E-state index contributed by atoms with van der Waals surface area (Å²) in [7, 11) is 0. The van der Waals surface area contributed by atoms with Gasteiger partial charge in [-0.3, -0.25) is 14.9 Å². The van der Waals surface area contributed by atoms with Crippen LogP contribution in [0, 0.1) is 24.0 Å². The highest BCUT2D eigenvalue weighted by Gasteiger charge is 2.14. The molecule has 1 amide bonds. The molecule has 3 aromatic rings. The molecule has 126 valence electrons. The predicted octanol–water partition coefficient (Wildman–Crippen LogP) is 3.46. The number of non-ortho nitro benzene ring substituents is 1. The van der Waals surface area contributed by atoms with E-state index in [0.717, 1.165) is 22.0 Å². The molecule has 2 N–H and O–H groups in total. The van der Waals surface area contributed by atoms with Crippen molar-refractivity contribution < 1.29 is 9.72 Å². The van der Waals surface area contributed by atoms with E-state index >= 15 is 0 Å². The van der Waals surface area contributed by atoms with Gasteiger partial charge in [0.15, 0.2) is 0 Å². The van der Waals surface area contributed by atoms with Crippen molar-refractivity contribution in [1.82, 2.24) is 10.4 Å². The van der Waals surface area contributed by atoms with Crippen LogP contribution in [0.3, 0.4) is 0 Å². The van der Waals surface area contributed by atoms with Crippen molar-refractivity contribution in [2.24, 2.45) is 5.10 Å². The van der Waals surface area contributed by atoms with Crippen LogP contribution in [0.4, 0.5) is 5.69 Å². The third-order valence-electron chi connectivity index (χ3n) is 3.92. The summed E-state index contributed by atoms with van der Waals surface area (Å²) >= 11 is 0. The number of H-pyrrole nitrogens is 1. The molecule has 0 saturated heterocycles. The van der Waals surface area contributed by atoms with E-state index in [4.69, 9.17) is 0 Å². The van der Waals surface area contributed by atoms with Gasteiger partial charge < -0.3 is 4.98 Å². The van der Waals surface area contributed by atoms with Crippen molar-refractivity contribution in [2.75, 3.05) is 0 Å². The van der Waals surface area contributed by atoms with Gasteiger partial charge in [-0.1, -0.05) is 11.6 Å². The SMILES string of the molecule is Cc1ccc2[nH]c(C(=O)NN=Cc3ccc([N+](=O)[O-])cc3)c(C)c2c1. The first-order valence-corrected chi connectivity index (χ1v) is 7.62. The molecule has 2 aromatic carbocycles. The predicted molar refractivity (Wildman–Crippen MR) is 95.9 cm³/mol. The zero-order chi connectivity index (χ0) is 18.0. The molecule has 3 rings (SSSR count). The van der Waals surface area contributed by atoms with Gasteiger partial charge in [-0.15, -0.1) is 0 Å². The molecule has 0 radical (unpaired) electrons. The Bertz CT molecular complexity index is 987. The van der Waals surface area contributed by atoms with Crippen LogP contribution in [0.5, 0.6) is 0 Å². The van der Waals surface area contributed by atoms with Gasteiger partial charge in [0.25, 0.3) is 11.6 Å². The van der Waals surface area contributed by atoms with Crippen molar-refractivity contribution >= 4 is 28.7 Å². The Morgan fingerprint density at radius 2 is 1.92 bits per heavy atom. The van der Waals surface area contributed by atoms with E-state index in [9.17, 15) is 14.9 Å². The topological polar surface area (TPSA) is 100 Å². The number of hydrogen-bond donors (Lipinski definition) is 2. The fourth-order valence-corrected chi connectivity index (χ4v) is 2.57. The molecule has 0 saturated carbocycles. The number of nitro groups is 1. The number of hydrogen-bond acceptors (Lipinski definition) is 4. The number of nitrogens with one attached hydrogen (secondary N) is 2. The molecule has 25 heavy (non-hydrogen) atoms. The molecule has 0 atom stereocenters. The maximum atomic E-state index is 12.3. The van der Waals surface area contributed by atoms with Gasteiger partial charge in [0.1, 0.15) is 5.69 Å². The lowest BCUT2D eigenvalue weighted by atomic mass is 10.1. The van der Waals surface area contributed by atoms with Crippen LogP contribution in [0.1, 0.15) is 27.2 Å². The molecule has 0 fully saturated rings. The summed E-state index contributed by atoms with van der Waals surface area (Å²) in [6.45, 7) is 3.88. The van der Waals surface area contributed by atoms with Crippen LogP contribution in [0.2, 0.25) is 0 Å². The zero-order valence-corrected chi connectivity index (χ0v) is 13.7. The molecule has 0 aliphatic rings. The number of carbonyl (C=O) groups excluding carboxylic acids is 1. The molecule has 0 unspecified atom stereocenters. The molecule has 7 nitrogen and oxygen atoms in total. The van der Waals surface area contributed by atoms with Gasteiger partial charge in [0.2, 0.25) is 0 Å². The van der Waals surface area contributed by atoms with Crippen LogP contribution in [0.25, 0.3) is 10.9 Å². The second-order valence-electron chi connectivity index (χ2n) is 5.72. The minimum absolute atomic E-state index is 0.00480. The maximum absolute atomic E-state index is 12.3. The number of aryl methyl sites for hydroxylation is 2. The summed E-state index contributed by atoms with van der Waals surface area (Å²) in [6, 6.07) is 11.8. The van der Waals surface area contributed by atoms with Crippen molar-refractivity contribution in [1.29, 1.82) is 0 Å². The number of rotatable bonds is 4. The van der Waals surface area contributed by atoms with Crippen LogP contribution >= 0.6 is 0 Å². The van der Waals surface area contributed by atoms with Crippen LogP contribution < -0.4 is 5.43 Å².